The van der Waals surface area contributed by atoms with Gasteiger partial charge in [-0.3, -0.25) is 10.1 Å². The maximum absolute atomic E-state index is 10.8. The summed E-state index contributed by atoms with van der Waals surface area (Å²) >= 11 is 0. The molecule has 1 aromatic rings. The van der Waals surface area contributed by atoms with Crippen LogP contribution < -0.4 is 0 Å². The molecule has 1 fully saturated rings. The first-order chi connectivity index (χ1) is 8.18. The molecule has 1 aliphatic rings. The molecule has 0 aliphatic carbocycles. The monoisotopic (exact) mass is 239 g/mol. The summed E-state index contributed by atoms with van der Waals surface area (Å²) in [6.45, 7) is 4.44. The van der Waals surface area contributed by atoms with E-state index in [1.165, 1.54) is 0 Å². The summed E-state index contributed by atoms with van der Waals surface area (Å²) in [5.74, 6) is 0.180. The second-order valence-electron chi connectivity index (χ2n) is 3.70. The predicted octanol–water partition coefficient (Wildman–Crippen LogP) is 1.19. The van der Waals surface area contributed by atoms with Crippen LogP contribution in [0, 0.1) is 17.0 Å². The molecule has 0 saturated carbocycles. The Morgan fingerprint density at radius 2 is 2.18 bits per heavy atom. The molecule has 1 saturated heterocycles. The summed E-state index contributed by atoms with van der Waals surface area (Å²) in [6.07, 6.45) is 3.35. The van der Waals surface area contributed by atoms with E-state index in [9.17, 15) is 10.1 Å². The molecule has 0 atom stereocenters. The lowest BCUT2D eigenvalue weighted by Crippen LogP contribution is -2.31. The molecule has 0 amide bonds. The first kappa shape index (κ1) is 11.6. The average Bonchev–Trinajstić information content (AvgIpc) is 2.69. The van der Waals surface area contributed by atoms with E-state index in [1.807, 2.05) is 4.90 Å². The van der Waals surface area contributed by atoms with Crippen LogP contribution in [-0.2, 0) is 4.74 Å². The smallest absolute Gasteiger partial charge is 0.338 e. The van der Waals surface area contributed by atoms with Gasteiger partial charge in [-0.15, -0.1) is 0 Å². The van der Waals surface area contributed by atoms with Crippen LogP contribution >= 0.6 is 0 Å². The van der Waals surface area contributed by atoms with Crippen LogP contribution in [-0.4, -0.2) is 41.3 Å². The van der Waals surface area contributed by atoms with Crippen molar-refractivity contribution in [3.05, 3.63) is 27.8 Å². The molecule has 17 heavy (non-hydrogen) atoms. The molecule has 2 heterocycles. The Bertz CT molecular complexity index is 435. The quantitative estimate of drug-likeness (QED) is 0.582. The van der Waals surface area contributed by atoms with Crippen LogP contribution in [0.15, 0.2) is 10.7 Å². The fourth-order valence-corrected chi connectivity index (χ4v) is 1.61. The number of hydrogen-bond donors (Lipinski definition) is 0. The second kappa shape index (κ2) is 4.96. The van der Waals surface area contributed by atoms with Crippen LogP contribution in [0.4, 0.5) is 5.69 Å². The molecule has 0 bridgehead atoms. The fourth-order valence-electron chi connectivity index (χ4n) is 1.61. The van der Waals surface area contributed by atoms with Crippen LogP contribution in [0.2, 0.25) is 0 Å². The van der Waals surface area contributed by atoms with E-state index < -0.39 is 4.92 Å². The largest absolute Gasteiger partial charge is 0.378 e. The van der Waals surface area contributed by atoms with Crippen molar-refractivity contribution < 1.29 is 14.2 Å². The van der Waals surface area contributed by atoms with Crippen molar-refractivity contribution in [2.45, 2.75) is 6.92 Å². The molecule has 0 aromatic carbocycles. The minimum Gasteiger partial charge on any atom is -0.378 e. The van der Waals surface area contributed by atoms with Crippen molar-refractivity contribution in [1.82, 2.24) is 10.1 Å². The number of rotatable bonds is 3. The SMILES string of the molecule is Cc1noc(/C=C/N2CCOCC2)c1[N+](=O)[O-]. The minimum atomic E-state index is -0.481. The third kappa shape index (κ3) is 2.62. The van der Waals surface area contributed by atoms with Gasteiger partial charge in [0.2, 0.25) is 5.76 Å². The van der Waals surface area contributed by atoms with E-state index in [2.05, 4.69) is 5.16 Å². The van der Waals surface area contributed by atoms with Crippen molar-refractivity contribution in [3.63, 3.8) is 0 Å². The van der Waals surface area contributed by atoms with E-state index >= 15 is 0 Å². The molecule has 1 aromatic heterocycles. The minimum absolute atomic E-state index is 0.0745. The zero-order chi connectivity index (χ0) is 12.3. The summed E-state index contributed by atoms with van der Waals surface area (Å²) in [5.41, 5.74) is 0.214. The second-order valence-corrected chi connectivity index (χ2v) is 3.70. The third-order valence-electron chi connectivity index (χ3n) is 2.52. The molecule has 0 radical (unpaired) electrons. The standard InChI is InChI=1S/C10H13N3O4/c1-8-10(13(14)15)9(17-11-8)2-3-12-4-6-16-7-5-12/h2-3H,4-7H2,1H3/b3-2+. The van der Waals surface area contributed by atoms with Gasteiger partial charge in [0.1, 0.15) is 0 Å². The molecule has 1 aliphatic heterocycles. The predicted molar refractivity (Wildman–Crippen MR) is 59.3 cm³/mol. The Hall–Kier alpha value is -1.89. The van der Waals surface area contributed by atoms with E-state index in [1.54, 1.807) is 19.2 Å². The zero-order valence-electron chi connectivity index (χ0n) is 9.46. The van der Waals surface area contributed by atoms with Crippen molar-refractivity contribution >= 4 is 11.8 Å². The normalized spacial score (nSPS) is 16.6. The maximum atomic E-state index is 10.8. The summed E-state index contributed by atoms with van der Waals surface area (Å²) in [4.78, 5) is 12.3. The number of nitrogens with zero attached hydrogens (tertiary/aromatic N) is 3. The number of morpholine rings is 1. The van der Waals surface area contributed by atoms with Crippen LogP contribution in [0.1, 0.15) is 11.5 Å². The summed E-state index contributed by atoms with van der Waals surface area (Å²) in [7, 11) is 0. The van der Waals surface area contributed by atoms with Gasteiger partial charge in [0.15, 0.2) is 5.69 Å². The third-order valence-corrected chi connectivity index (χ3v) is 2.52. The van der Waals surface area contributed by atoms with E-state index in [-0.39, 0.29) is 17.1 Å². The Balaban J connectivity index is 2.12. The summed E-state index contributed by atoms with van der Waals surface area (Å²) < 4.78 is 10.1. The molecule has 7 heteroatoms. The number of hydrogen-bond acceptors (Lipinski definition) is 6. The van der Waals surface area contributed by atoms with E-state index in [0.29, 0.717) is 13.2 Å². The highest BCUT2D eigenvalue weighted by Crippen LogP contribution is 2.23. The lowest BCUT2D eigenvalue weighted by atomic mass is 10.3. The van der Waals surface area contributed by atoms with Gasteiger partial charge in [0.25, 0.3) is 0 Å². The first-order valence-corrected chi connectivity index (χ1v) is 5.29. The van der Waals surface area contributed by atoms with Gasteiger partial charge >= 0.3 is 5.69 Å². The number of nitro groups is 1. The average molecular weight is 239 g/mol. The lowest BCUT2D eigenvalue weighted by molar-refractivity contribution is -0.386. The highest BCUT2D eigenvalue weighted by atomic mass is 16.6. The molecular formula is C10H13N3O4. The molecule has 0 unspecified atom stereocenters. The molecule has 0 spiro atoms. The Labute approximate surface area is 97.8 Å². The number of aromatic nitrogens is 1. The Morgan fingerprint density at radius 1 is 1.47 bits per heavy atom. The van der Waals surface area contributed by atoms with E-state index in [0.717, 1.165) is 13.1 Å². The maximum Gasteiger partial charge on any atom is 0.338 e. The van der Waals surface area contributed by atoms with Crippen molar-refractivity contribution in [1.29, 1.82) is 0 Å². The van der Waals surface area contributed by atoms with Crippen LogP contribution in [0.5, 0.6) is 0 Å². The van der Waals surface area contributed by atoms with Crippen molar-refractivity contribution in [3.8, 4) is 0 Å². The van der Waals surface area contributed by atoms with Crippen LogP contribution in [0.3, 0.4) is 0 Å². The van der Waals surface area contributed by atoms with Gasteiger partial charge in [-0.05, 0) is 6.92 Å². The summed E-state index contributed by atoms with van der Waals surface area (Å²) in [5, 5.41) is 14.4. The van der Waals surface area contributed by atoms with Gasteiger partial charge in [-0.25, -0.2) is 0 Å². The highest BCUT2D eigenvalue weighted by molar-refractivity contribution is 5.56. The topological polar surface area (TPSA) is 81.6 Å². The van der Waals surface area contributed by atoms with Gasteiger partial charge in [-0.1, -0.05) is 5.16 Å². The Kier molecular flexibility index (Phi) is 3.38. The molecule has 2 rings (SSSR count). The summed E-state index contributed by atoms with van der Waals surface area (Å²) in [6, 6.07) is 0. The van der Waals surface area contributed by atoms with Crippen molar-refractivity contribution in [2.24, 2.45) is 0 Å². The number of aryl methyl sites for hydroxylation is 1. The first-order valence-electron chi connectivity index (χ1n) is 5.29. The Morgan fingerprint density at radius 3 is 2.82 bits per heavy atom. The molecular weight excluding hydrogens is 226 g/mol. The van der Waals surface area contributed by atoms with Crippen molar-refractivity contribution in [2.75, 3.05) is 26.3 Å². The lowest BCUT2D eigenvalue weighted by Gasteiger charge is -2.24. The van der Waals surface area contributed by atoms with Gasteiger partial charge in [-0.2, -0.15) is 0 Å². The van der Waals surface area contributed by atoms with Crippen LogP contribution in [0.25, 0.3) is 6.08 Å². The zero-order valence-corrected chi connectivity index (χ0v) is 9.46. The molecule has 0 N–H and O–H groups in total. The van der Waals surface area contributed by atoms with Gasteiger partial charge in [0, 0.05) is 25.4 Å². The molecule has 92 valence electrons. The van der Waals surface area contributed by atoms with Gasteiger partial charge in [0.05, 0.1) is 18.1 Å². The van der Waals surface area contributed by atoms with E-state index in [4.69, 9.17) is 9.26 Å². The number of ether oxygens (including phenoxy) is 1. The highest BCUT2D eigenvalue weighted by Gasteiger charge is 2.22. The van der Waals surface area contributed by atoms with Gasteiger partial charge < -0.3 is 14.2 Å². The fraction of sp³-hybridized carbons (Fsp3) is 0.500. The molecule has 7 nitrogen and oxygen atoms in total.